The number of furan rings is 1. The Bertz CT molecular complexity index is 504. The Hall–Kier alpha value is -1.81. The van der Waals surface area contributed by atoms with E-state index in [-0.39, 0.29) is 0 Å². The fourth-order valence-corrected chi connectivity index (χ4v) is 1.85. The van der Waals surface area contributed by atoms with E-state index in [9.17, 15) is 4.79 Å². The van der Waals surface area contributed by atoms with Crippen molar-refractivity contribution in [3.8, 4) is 0 Å². The zero-order valence-corrected chi connectivity index (χ0v) is 8.72. The van der Waals surface area contributed by atoms with Crippen molar-refractivity contribution in [1.29, 1.82) is 0 Å². The van der Waals surface area contributed by atoms with Crippen molar-refractivity contribution in [3.05, 3.63) is 36.1 Å². The smallest absolute Gasteiger partial charge is 0.311 e. The highest BCUT2D eigenvalue weighted by atomic mass is 16.4. The van der Waals surface area contributed by atoms with Gasteiger partial charge in [-0.25, -0.2) is 0 Å². The Balaban J connectivity index is 2.48. The van der Waals surface area contributed by atoms with Crippen LogP contribution in [-0.4, -0.2) is 17.6 Å². The quantitative estimate of drug-likeness (QED) is 0.824. The first kappa shape index (κ1) is 10.7. The van der Waals surface area contributed by atoms with E-state index in [4.69, 9.17) is 15.3 Å². The second-order valence-electron chi connectivity index (χ2n) is 3.66. The van der Waals surface area contributed by atoms with Gasteiger partial charge in [0, 0.05) is 10.9 Å². The number of rotatable bonds is 4. The molecule has 0 bridgehead atoms. The number of para-hydroxylation sites is 1. The maximum atomic E-state index is 11.1. The Labute approximate surface area is 92.7 Å². The van der Waals surface area contributed by atoms with Crippen molar-refractivity contribution in [3.63, 3.8) is 0 Å². The molecule has 4 heteroatoms. The average molecular weight is 219 g/mol. The molecule has 84 valence electrons. The van der Waals surface area contributed by atoms with Crippen LogP contribution in [0, 0.1) is 0 Å². The van der Waals surface area contributed by atoms with Crippen LogP contribution in [0.25, 0.3) is 11.0 Å². The van der Waals surface area contributed by atoms with E-state index < -0.39 is 11.9 Å². The molecular formula is C12H13NO3. The fourth-order valence-electron chi connectivity index (χ4n) is 1.85. The molecule has 4 nitrogen and oxygen atoms in total. The normalized spacial score (nSPS) is 12.8. The summed E-state index contributed by atoms with van der Waals surface area (Å²) >= 11 is 0. The van der Waals surface area contributed by atoms with Crippen LogP contribution in [0.5, 0.6) is 0 Å². The predicted octanol–water partition coefficient (Wildman–Crippen LogP) is 1.95. The molecule has 1 heterocycles. The first-order chi connectivity index (χ1) is 7.74. The van der Waals surface area contributed by atoms with Crippen molar-refractivity contribution < 1.29 is 14.3 Å². The SMILES string of the molecule is NCCC(C(=O)O)c1coc2ccccc12. The first-order valence-corrected chi connectivity index (χ1v) is 5.13. The summed E-state index contributed by atoms with van der Waals surface area (Å²) < 4.78 is 5.32. The van der Waals surface area contributed by atoms with Gasteiger partial charge >= 0.3 is 5.97 Å². The number of aliphatic carboxylic acids is 1. The van der Waals surface area contributed by atoms with Gasteiger partial charge < -0.3 is 15.3 Å². The van der Waals surface area contributed by atoms with E-state index in [1.165, 1.54) is 6.26 Å². The summed E-state index contributed by atoms with van der Waals surface area (Å²) in [6.07, 6.45) is 1.93. The molecule has 0 aliphatic heterocycles. The lowest BCUT2D eigenvalue weighted by molar-refractivity contribution is -0.138. The number of carboxylic acids is 1. The van der Waals surface area contributed by atoms with Gasteiger partial charge in [0.1, 0.15) is 5.58 Å². The van der Waals surface area contributed by atoms with Crippen LogP contribution in [-0.2, 0) is 4.79 Å². The van der Waals surface area contributed by atoms with Gasteiger partial charge in [0.2, 0.25) is 0 Å². The van der Waals surface area contributed by atoms with Crippen LogP contribution in [0.3, 0.4) is 0 Å². The summed E-state index contributed by atoms with van der Waals surface area (Å²) in [6.45, 7) is 0.344. The highest BCUT2D eigenvalue weighted by Crippen LogP contribution is 2.29. The highest BCUT2D eigenvalue weighted by Gasteiger charge is 2.22. The number of carbonyl (C=O) groups is 1. The number of fused-ring (bicyclic) bond motifs is 1. The Morgan fingerprint density at radius 1 is 1.44 bits per heavy atom. The van der Waals surface area contributed by atoms with Crippen molar-refractivity contribution in [2.24, 2.45) is 5.73 Å². The molecule has 0 saturated carbocycles. The van der Waals surface area contributed by atoms with Crippen molar-refractivity contribution >= 4 is 16.9 Å². The minimum Gasteiger partial charge on any atom is -0.481 e. The predicted molar refractivity (Wildman–Crippen MR) is 60.3 cm³/mol. The third-order valence-corrected chi connectivity index (χ3v) is 2.64. The molecule has 0 saturated heterocycles. The summed E-state index contributed by atoms with van der Waals surface area (Å²) in [5.74, 6) is -1.45. The lowest BCUT2D eigenvalue weighted by Crippen LogP contribution is -2.15. The molecule has 16 heavy (non-hydrogen) atoms. The van der Waals surface area contributed by atoms with Crippen molar-refractivity contribution in [1.82, 2.24) is 0 Å². The van der Waals surface area contributed by atoms with Crippen LogP contribution >= 0.6 is 0 Å². The van der Waals surface area contributed by atoms with Gasteiger partial charge in [-0.1, -0.05) is 18.2 Å². The van der Waals surface area contributed by atoms with Crippen LogP contribution in [0.15, 0.2) is 34.9 Å². The standard InChI is InChI=1S/C12H13NO3/c13-6-5-9(12(14)15)10-7-16-11-4-2-1-3-8(10)11/h1-4,7,9H,5-6,13H2,(H,14,15). The molecule has 0 spiro atoms. The monoisotopic (exact) mass is 219 g/mol. The third-order valence-electron chi connectivity index (χ3n) is 2.64. The molecule has 0 aliphatic rings. The molecule has 0 fully saturated rings. The zero-order chi connectivity index (χ0) is 11.5. The van der Waals surface area contributed by atoms with Crippen LogP contribution < -0.4 is 5.73 Å². The summed E-state index contributed by atoms with van der Waals surface area (Å²) in [6, 6.07) is 7.40. The maximum Gasteiger partial charge on any atom is 0.311 e. The van der Waals surface area contributed by atoms with Crippen molar-refractivity contribution in [2.75, 3.05) is 6.54 Å². The van der Waals surface area contributed by atoms with Crippen LogP contribution in [0.2, 0.25) is 0 Å². The van der Waals surface area contributed by atoms with E-state index in [1.807, 2.05) is 24.3 Å². The maximum absolute atomic E-state index is 11.1. The molecule has 1 aromatic heterocycles. The molecule has 2 aromatic rings. The second kappa shape index (κ2) is 4.37. The lowest BCUT2D eigenvalue weighted by atomic mass is 9.95. The van der Waals surface area contributed by atoms with Crippen LogP contribution in [0.4, 0.5) is 0 Å². The van der Waals surface area contributed by atoms with E-state index in [1.54, 1.807) is 0 Å². The summed E-state index contributed by atoms with van der Waals surface area (Å²) in [7, 11) is 0. The van der Waals surface area contributed by atoms with E-state index >= 15 is 0 Å². The van der Waals surface area contributed by atoms with Gasteiger partial charge in [0.05, 0.1) is 12.2 Å². The van der Waals surface area contributed by atoms with E-state index in [0.717, 1.165) is 5.39 Å². The number of hydrogen-bond donors (Lipinski definition) is 2. The molecule has 0 aliphatic carbocycles. The molecule has 0 amide bonds. The van der Waals surface area contributed by atoms with Gasteiger partial charge in [-0.05, 0) is 19.0 Å². The molecule has 1 atom stereocenters. The van der Waals surface area contributed by atoms with Crippen molar-refractivity contribution in [2.45, 2.75) is 12.3 Å². The number of benzene rings is 1. The number of hydrogen-bond acceptors (Lipinski definition) is 3. The Morgan fingerprint density at radius 3 is 2.88 bits per heavy atom. The minimum atomic E-state index is -0.864. The number of carboxylic acid groups (broad SMARTS) is 1. The van der Waals surface area contributed by atoms with E-state index in [2.05, 4.69) is 0 Å². The lowest BCUT2D eigenvalue weighted by Gasteiger charge is -2.08. The summed E-state index contributed by atoms with van der Waals surface area (Å²) in [5.41, 5.74) is 6.83. The molecular weight excluding hydrogens is 206 g/mol. The fraction of sp³-hybridized carbons (Fsp3) is 0.250. The van der Waals surface area contributed by atoms with Crippen LogP contribution in [0.1, 0.15) is 17.9 Å². The van der Waals surface area contributed by atoms with E-state index in [0.29, 0.717) is 24.1 Å². The number of nitrogens with two attached hydrogens (primary N) is 1. The second-order valence-corrected chi connectivity index (χ2v) is 3.66. The average Bonchev–Trinajstić information content (AvgIpc) is 2.69. The molecule has 1 unspecified atom stereocenters. The van der Waals surface area contributed by atoms with Gasteiger partial charge in [0.15, 0.2) is 0 Å². The Kier molecular flexibility index (Phi) is 2.92. The summed E-state index contributed by atoms with van der Waals surface area (Å²) in [4.78, 5) is 11.1. The molecule has 2 rings (SSSR count). The largest absolute Gasteiger partial charge is 0.481 e. The Morgan fingerprint density at radius 2 is 2.19 bits per heavy atom. The van der Waals surface area contributed by atoms with Gasteiger partial charge in [-0.2, -0.15) is 0 Å². The first-order valence-electron chi connectivity index (χ1n) is 5.13. The van der Waals surface area contributed by atoms with Gasteiger partial charge in [0.25, 0.3) is 0 Å². The topological polar surface area (TPSA) is 76.5 Å². The highest BCUT2D eigenvalue weighted by molar-refractivity contribution is 5.87. The molecule has 0 radical (unpaired) electrons. The molecule has 1 aromatic carbocycles. The summed E-state index contributed by atoms with van der Waals surface area (Å²) in [5, 5.41) is 9.99. The molecule has 3 N–H and O–H groups in total. The van der Waals surface area contributed by atoms with Gasteiger partial charge in [-0.15, -0.1) is 0 Å². The third kappa shape index (κ3) is 1.79. The zero-order valence-electron chi connectivity index (χ0n) is 8.72. The minimum absolute atomic E-state index is 0.344. The van der Waals surface area contributed by atoms with Gasteiger partial charge in [-0.3, -0.25) is 4.79 Å².